The second kappa shape index (κ2) is 14.9. The Bertz CT molecular complexity index is 1350. The topological polar surface area (TPSA) is 81.9 Å². The minimum absolute atomic E-state index is 0.0658. The number of nitriles is 1. The molecule has 6 nitrogen and oxygen atoms in total. The monoisotopic (exact) mass is 541 g/mol. The van der Waals surface area contributed by atoms with Crippen molar-refractivity contribution in [2.45, 2.75) is 60.3 Å². The Hall–Kier alpha value is -4.05. The highest BCUT2D eigenvalue weighted by molar-refractivity contribution is 5.78. The molecule has 2 heterocycles. The summed E-state index contributed by atoms with van der Waals surface area (Å²) in [6.45, 7) is 11.9. The minimum Gasteiger partial charge on any atom is -0.370 e. The second-order valence-electron chi connectivity index (χ2n) is 10.4. The predicted octanol–water partition coefficient (Wildman–Crippen LogP) is 7.57. The summed E-state index contributed by atoms with van der Waals surface area (Å²) in [7, 11) is 0. The van der Waals surface area contributed by atoms with Crippen molar-refractivity contribution in [2.24, 2.45) is 11.8 Å². The lowest BCUT2D eigenvalue weighted by Crippen LogP contribution is -2.28. The first-order valence-electron chi connectivity index (χ1n) is 14.1. The normalized spacial score (nSPS) is 12.9. The summed E-state index contributed by atoms with van der Waals surface area (Å²) in [6.07, 6.45) is 8.85. The van der Waals surface area contributed by atoms with E-state index in [1.807, 2.05) is 37.4 Å². The Labute approximate surface area is 238 Å². The van der Waals surface area contributed by atoms with Crippen molar-refractivity contribution in [3.05, 3.63) is 83.7 Å². The Morgan fingerprint density at radius 1 is 1.12 bits per heavy atom. The molecule has 1 N–H and O–H groups in total. The third-order valence-electron chi connectivity index (χ3n) is 7.33. The molecule has 2 unspecified atom stereocenters. The molecule has 0 aliphatic heterocycles. The van der Waals surface area contributed by atoms with Crippen molar-refractivity contribution in [3.63, 3.8) is 0 Å². The van der Waals surface area contributed by atoms with E-state index in [0.29, 0.717) is 29.0 Å². The molecule has 0 saturated carbocycles. The zero-order chi connectivity index (χ0) is 29.1. The van der Waals surface area contributed by atoms with Crippen LogP contribution in [0.5, 0.6) is 0 Å². The number of carbonyl (C=O) groups is 1. The maximum absolute atomic E-state index is 13.6. The third-order valence-corrected chi connectivity index (χ3v) is 7.33. The van der Waals surface area contributed by atoms with E-state index in [1.54, 1.807) is 13.0 Å². The molecule has 0 saturated heterocycles. The van der Waals surface area contributed by atoms with Gasteiger partial charge in [-0.2, -0.15) is 9.65 Å². The van der Waals surface area contributed by atoms with E-state index in [4.69, 9.17) is 4.98 Å². The van der Waals surface area contributed by atoms with Crippen LogP contribution in [0.3, 0.4) is 0 Å². The van der Waals surface area contributed by atoms with Gasteiger partial charge in [-0.25, -0.2) is 9.97 Å². The van der Waals surface area contributed by atoms with Crippen LogP contribution < -0.4 is 10.2 Å². The van der Waals surface area contributed by atoms with E-state index in [9.17, 15) is 14.4 Å². The number of aromatic nitrogens is 2. The lowest BCUT2D eigenvalue weighted by Gasteiger charge is -2.27. The molecule has 0 radical (unpaired) electrons. The highest BCUT2D eigenvalue weighted by Crippen LogP contribution is 2.26. The Morgan fingerprint density at radius 3 is 2.55 bits per heavy atom. The first-order valence-corrected chi connectivity index (χ1v) is 14.1. The van der Waals surface area contributed by atoms with Gasteiger partial charge in [0, 0.05) is 43.4 Å². The van der Waals surface area contributed by atoms with Crippen LogP contribution in [0.4, 0.5) is 15.9 Å². The fourth-order valence-electron chi connectivity index (χ4n) is 4.71. The molecule has 0 spiro atoms. The number of allylic oxidation sites excluding steroid dienone is 2. The molecule has 40 heavy (non-hydrogen) atoms. The molecule has 210 valence electrons. The number of nitrogens with zero attached hydrogens (tertiary/aromatic N) is 4. The van der Waals surface area contributed by atoms with Crippen LogP contribution in [0.25, 0.3) is 11.1 Å². The molecule has 0 amide bonds. The van der Waals surface area contributed by atoms with Gasteiger partial charge in [0.1, 0.15) is 11.6 Å². The van der Waals surface area contributed by atoms with Crippen LogP contribution in [0.1, 0.15) is 65.0 Å². The molecule has 3 aromatic rings. The van der Waals surface area contributed by atoms with Crippen LogP contribution in [-0.4, -0.2) is 28.8 Å². The largest absolute Gasteiger partial charge is 0.370 e. The van der Waals surface area contributed by atoms with E-state index in [-0.39, 0.29) is 11.7 Å². The number of carbonyl (C=O) groups excluding carboxylic acids is 1. The molecule has 1 aromatic carbocycles. The zero-order valence-corrected chi connectivity index (χ0v) is 24.2. The van der Waals surface area contributed by atoms with E-state index >= 15 is 0 Å². The van der Waals surface area contributed by atoms with Gasteiger partial charge in [-0.05, 0) is 73.1 Å². The summed E-state index contributed by atoms with van der Waals surface area (Å²) in [5.74, 6) is 0.815. The first-order chi connectivity index (χ1) is 19.2. The van der Waals surface area contributed by atoms with Crippen LogP contribution in [0, 0.1) is 29.1 Å². The lowest BCUT2D eigenvalue weighted by molar-refractivity contribution is -0.121. The number of nitrogens with one attached hydrogen (secondary N) is 1. The molecular formula is C33H40FN5O. The van der Waals surface area contributed by atoms with Gasteiger partial charge < -0.3 is 10.2 Å². The van der Waals surface area contributed by atoms with Gasteiger partial charge in [-0.15, -0.1) is 0 Å². The van der Waals surface area contributed by atoms with Gasteiger partial charge in [-0.3, -0.25) is 4.79 Å². The molecule has 2 atom stereocenters. The summed E-state index contributed by atoms with van der Waals surface area (Å²) >= 11 is 0. The first kappa shape index (κ1) is 30.5. The van der Waals surface area contributed by atoms with Crippen LogP contribution in [0.2, 0.25) is 0 Å². The summed E-state index contributed by atoms with van der Waals surface area (Å²) in [6, 6.07) is 15.0. The summed E-state index contributed by atoms with van der Waals surface area (Å²) in [4.78, 5) is 22.4. The number of hydrogen-bond acceptors (Lipinski definition) is 6. The number of rotatable bonds is 14. The van der Waals surface area contributed by atoms with Crippen LogP contribution in [0.15, 0.2) is 66.6 Å². The number of pyridine rings is 2. The maximum atomic E-state index is 13.6. The minimum atomic E-state index is -0.573. The van der Waals surface area contributed by atoms with Gasteiger partial charge in [0.05, 0.1) is 23.5 Å². The molecule has 0 fully saturated rings. The Balaban J connectivity index is 1.71. The number of anilines is 2. The van der Waals surface area contributed by atoms with Gasteiger partial charge in [0.2, 0.25) is 5.95 Å². The zero-order valence-electron chi connectivity index (χ0n) is 24.2. The van der Waals surface area contributed by atoms with E-state index in [1.165, 1.54) is 12.3 Å². The molecule has 7 heteroatoms. The predicted molar refractivity (Wildman–Crippen MR) is 160 cm³/mol. The van der Waals surface area contributed by atoms with Crippen molar-refractivity contribution < 1.29 is 9.18 Å². The van der Waals surface area contributed by atoms with Crippen molar-refractivity contribution in [1.29, 1.82) is 5.26 Å². The molecule has 2 aromatic heterocycles. The number of halogens is 1. The molecular weight excluding hydrogens is 501 g/mol. The number of ketones is 1. The Morgan fingerprint density at radius 2 is 1.93 bits per heavy atom. The quantitative estimate of drug-likeness (QED) is 0.212. The van der Waals surface area contributed by atoms with Crippen molar-refractivity contribution >= 4 is 17.3 Å². The summed E-state index contributed by atoms with van der Waals surface area (Å²) in [5, 5.41) is 13.2. The molecule has 0 aliphatic carbocycles. The van der Waals surface area contributed by atoms with Crippen LogP contribution in [-0.2, 0) is 11.2 Å². The third kappa shape index (κ3) is 8.47. The van der Waals surface area contributed by atoms with E-state index in [2.05, 4.69) is 54.2 Å². The Kier molecular flexibility index (Phi) is 11.4. The van der Waals surface area contributed by atoms with Gasteiger partial charge in [0.15, 0.2) is 0 Å². The fourth-order valence-corrected chi connectivity index (χ4v) is 4.71. The van der Waals surface area contributed by atoms with Gasteiger partial charge >= 0.3 is 0 Å². The van der Waals surface area contributed by atoms with Crippen molar-refractivity contribution in [1.82, 2.24) is 9.97 Å². The molecule has 0 aliphatic rings. The average Bonchev–Trinajstić information content (AvgIpc) is 2.95. The number of benzene rings is 1. The van der Waals surface area contributed by atoms with Crippen LogP contribution >= 0.6 is 0 Å². The van der Waals surface area contributed by atoms with Gasteiger partial charge in [-0.1, -0.05) is 45.9 Å². The fraction of sp³-hybridized carbons (Fsp3) is 0.394. The maximum Gasteiger partial charge on any atom is 0.213 e. The van der Waals surface area contributed by atoms with Crippen molar-refractivity contribution in [3.8, 4) is 17.2 Å². The molecule has 3 rings (SSSR count). The molecule has 0 bridgehead atoms. The standard InChI is InChI=1S/C33H40FN5O/c1-6-8-29(19-26-9-11-31(28(18-26)21-35)27-13-15-36-32(34)20-27)38-33-12-10-30(22-37-33)39(16-7-2)17-14-23(3)24(4)25(5)40/h8-13,15,18,20,22-24H,6-7,14,16-17,19H2,1-5H3,(H,37,38)/b29-8-. The highest BCUT2D eigenvalue weighted by Gasteiger charge is 2.18. The smallest absolute Gasteiger partial charge is 0.213 e. The highest BCUT2D eigenvalue weighted by atomic mass is 19.1. The van der Waals surface area contributed by atoms with Crippen molar-refractivity contribution in [2.75, 3.05) is 23.3 Å². The SMILES string of the molecule is CC/C=C(/Cc1ccc(-c2ccnc(F)c2)c(C#N)c1)Nc1ccc(N(CCC)CCC(C)C(C)C(C)=O)cn1. The second-order valence-corrected chi connectivity index (χ2v) is 10.4. The summed E-state index contributed by atoms with van der Waals surface area (Å²) in [5.41, 5.74) is 4.83. The average molecular weight is 542 g/mol. The lowest BCUT2D eigenvalue weighted by atomic mass is 9.90. The number of hydrogen-bond donors (Lipinski definition) is 1. The van der Waals surface area contributed by atoms with E-state index in [0.717, 1.165) is 55.1 Å². The van der Waals surface area contributed by atoms with Gasteiger partial charge in [0.25, 0.3) is 0 Å². The summed E-state index contributed by atoms with van der Waals surface area (Å²) < 4.78 is 13.6. The number of Topliss-reactive ketones (excluding diaryl/α,β-unsaturated/α-hetero) is 1. The van der Waals surface area contributed by atoms with E-state index < -0.39 is 5.95 Å².